The van der Waals surface area contributed by atoms with Gasteiger partial charge in [0.25, 0.3) is 5.91 Å². The first-order chi connectivity index (χ1) is 18.1. The van der Waals surface area contributed by atoms with Gasteiger partial charge < -0.3 is 10.1 Å². The number of nitrogens with one attached hydrogen (secondary N) is 1. The van der Waals surface area contributed by atoms with Gasteiger partial charge in [0, 0.05) is 30.2 Å². The molecule has 0 unspecified atom stereocenters. The van der Waals surface area contributed by atoms with Gasteiger partial charge in [-0.25, -0.2) is 17.9 Å². The van der Waals surface area contributed by atoms with E-state index in [0.717, 1.165) is 35.4 Å². The second-order valence-corrected chi connectivity index (χ2v) is 11.6. The van der Waals surface area contributed by atoms with Crippen molar-refractivity contribution in [1.29, 1.82) is 0 Å². The van der Waals surface area contributed by atoms with Gasteiger partial charge in [0.05, 0.1) is 12.7 Å². The van der Waals surface area contributed by atoms with Crippen molar-refractivity contribution in [1.82, 2.24) is 18.9 Å². The molecule has 4 aromatic rings. The van der Waals surface area contributed by atoms with Crippen LogP contribution in [0.15, 0.2) is 47.4 Å². The predicted octanol–water partition coefficient (Wildman–Crippen LogP) is 4.68. The van der Waals surface area contributed by atoms with E-state index in [0.29, 0.717) is 35.6 Å². The van der Waals surface area contributed by atoms with Crippen molar-refractivity contribution >= 4 is 27.3 Å². The first-order valence-electron chi connectivity index (χ1n) is 12.5. The van der Waals surface area contributed by atoms with E-state index < -0.39 is 15.9 Å². The number of hydrogen-bond acceptors (Lipinski definition) is 6. The van der Waals surface area contributed by atoms with Crippen LogP contribution in [0.2, 0.25) is 0 Å². The van der Waals surface area contributed by atoms with E-state index in [1.807, 2.05) is 52.0 Å². The summed E-state index contributed by atoms with van der Waals surface area (Å²) in [6.45, 7) is 8.69. The molecule has 198 valence electrons. The molecule has 10 heteroatoms. The molecule has 0 spiro atoms. The van der Waals surface area contributed by atoms with Crippen molar-refractivity contribution in [3.8, 4) is 16.9 Å². The first-order valence-corrected chi connectivity index (χ1v) is 14.0. The van der Waals surface area contributed by atoms with Crippen LogP contribution < -0.4 is 10.1 Å². The average molecular weight is 534 g/mol. The number of benzene rings is 2. The fourth-order valence-corrected chi connectivity index (χ4v) is 6.56. The number of methoxy groups -OCH3 is 1. The smallest absolute Gasteiger partial charge is 0.276 e. The zero-order valence-electron chi connectivity index (χ0n) is 22.2. The molecule has 3 heterocycles. The molecule has 2 aromatic carbocycles. The molecule has 1 aliphatic rings. The number of rotatable bonds is 6. The molecule has 0 saturated carbocycles. The third-order valence-corrected chi connectivity index (χ3v) is 8.93. The number of anilines is 1. The lowest BCUT2D eigenvalue weighted by Gasteiger charge is -2.18. The summed E-state index contributed by atoms with van der Waals surface area (Å²) < 4.78 is 35.7. The molecular weight excluding hydrogens is 502 g/mol. The molecule has 1 fully saturated rings. The maximum atomic E-state index is 13.6. The fourth-order valence-electron chi connectivity index (χ4n) is 4.86. The highest BCUT2D eigenvalue weighted by molar-refractivity contribution is 7.89. The third-order valence-electron chi connectivity index (χ3n) is 7.01. The van der Waals surface area contributed by atoms with Crippen molar-refractivity contribution in [3.63, 3.8) is 0 Å². The summed E-state index contributed by atoms with van der Waals surface area (Å²) in [4.78, 5) is 18.4. The normalized spacial score (nSPS) is 14.2. The topological polar surface area (TPSA) is 106 Å². The van der Waals surface area contributed by atoms with E-state index >= 15 is 0 Å². The monoisotopic (exact) mass is 533 g/mol. The Morgan fingerprint density at radius 3 is 2.39 bits per heavy atom. The highest BCUT2D eigenvalue weighted by atomic mass is 32.2. The van der Waals surface area contributed by atoms with Crippen LogP contribution in [0.4, 0.5) is 5.69 Å². The molecule has 38 heavy (non-hydrogen) atoms. The summed E-state index contributed by atoms with van der Waals surface area (Å²) in [6.07, 6.45) is 1.64. The summed E-state index contributed by atoms with van der Waals surface area (Å²) >= 11 is 0. The molecule has 2 aromatic heterocycles. The molecule has 0 atom stereocenters. The molecule has 9 nitrogen and oxygen atoms in total. The van der Waals surface area contributed by atoms with E-state index in [1.54, 1.807) is 22.7 Å². The molecule has 0 bridgehead atoms. The number of aromatic nitrogens is 3. The zero-order valence-corrected chi connectivity index (χ0v) is 23.0. The molecular formula is C28H31N5O4S. The summed E-state index contributed by atoms with van der Waals surface area (Å²) in [6, 6.07) is 12.5. The van der Waals surface area contributed by atoms with Crippen LogP contribution >= 0.6 is 0 Å². The van der Waals surface area contributed by atoms with Crippen LogP contribution in [0.1, 0.15) is 45.8 Å². The maximum Gasteiger partial charge on any atom is 0.276 e. The number of hydrogen-bond donors (Lipinski definition) is 1. The van der Waals surface area contributed by atoms with Crippen LogP contribution in [0.25, 0.3) is 16.8 Å². The lowest BCUT2D eigenvalue weighted by atomic mass is 10.0. The highest BCUT2D eigenvalue weighted by Gasteiger charge is 2.31. The van der Waals surface area contributed by atoms with Crippen LogP contribution in [0, 0.1) is 27.7 Å². The minimum absolute atomic E-state index is 0.0589. The van der Waals surface area contributed by atoms with Gasteiger partial charge in [-0.1, -0.05) is 12.1 Å². The van der Waals surface area contributed by atoms with Crippen molar-refractivity contribution < 1.29 is 17.9 Å². The largest absolute Gasteiger partial charge is 0.495 e. The molecule has 1 aliphatic heterocycles. The second kappa shape index (κ2) is 9.85. The Kier molecular flexibility index (Phi) is 6.70. The van der Waals surface area contributed by atoms with Gasteiger partial charge in [0.2, 0.25) is 10.0 Å². The van der Waals surface area contributed by atoms with Crippen molar-refractivity contribution in [2.45, 2.75) is 45.4 Å². The maximum absolute atomic E-state index is 13.6. The number of carbonyl (C=O) groups is 1. The Hall–Kier alpha value is -3.76. The molecule has 1 N–H and O–H groups in total. The number of amides is 1. The average Bonchev–Trinajstić information content (AvgIpc) is 3.55. The second-order valence-electron chi connectivity index (χ2n) is 9.73. The van der Waals surface area contributed by atoms with E-state index in [9.17, 15) is 13.2 Å². The van der Waals surface area contributed by atoms with Gasteiger partial charge in [0.1, 0.15) is 10.6 Å². The van der Waals surface area contributed by atoms with Crippen LogP contribution in [0.5, 0.6) is 5.75 Å². The molecule has 5 rings (SSSR count). The van der Waals surface area contributed by atoms with Gasteiger partial charge in [-0.15, -0.1) is 0 Å². The van der Waals surface area contributed by atoms with E-state index in [2.05, 4.69) is 15.4 Å². The zero-order chi connectivity index (χ0) is 27.2. The minimum atomic E-state index is -3.79. The first kappa shape index (κ1) is 25.9. The van der Waals surface area contributed by atoms with Crippen LogP contribution in [0.3, 0.4) is 0 Å². The Morgan fingerprint density at radius 1 is 0.974 bits per heavy atom. The number of sulfonamides is 1. The lowest BCUT2D eigenvalue weighted by Crippen LogP contribution is -2.28. The number of fused-ring (bicyclic) bond motifs is 1. The Balaban J connectivity index is 1.69. The minimum Gasteiger partial charge on any atom is -0.495 e. The molecule has 1 saturated heterocycles. The number of ether oxygens (including phenoxy) is 1. The van der Waals surface area contributed by atoms with Crippen LogP contribution in [-0.4, -0.2) is 53.4 Å². The van der Waals surface area contributed by atoms with Gasteiger partial charge >= 0.3 is 0 Å². The standard InChI is InChI=1S/C28H31N5O4S/c1-17-8-10-22(14-18(17)2)30-28(34)26-25(27-29-19(3)15-20(4)33(27)31-26)21-9-11-23(37-5)24(16-21)38(35,36)32-12-6-7-13-32/h8-11,14-16H,6-7,12-13H2,1-5H3,(H,30,34). The molecule has 0 aliphatic carbocycles. The van der Waals surface area contributed by atoms with Gasteiger partial charge in [0.15, 0.2) is 11.3 Å². The van der Waals surface area contributed by atoms with E-state index in [-0.39, 0.29) is 16.3 Å². The fraction of sp³-hybridized carbons (Fsp3) is 0.321. The Bertz CT molecular complexity index is 1670. The summed E-state index contributed by atoms with van der Waals surface area (Å²) in [7, 11) is -2.35. The molecule has 0 radical (unpaired) electrons. The summed E-state index contributed by atoms with van der Waals surface area (Å²) in [5.74, 6) is -0.163. The highest BCUT2D eigenvalue weighted by Crippen LogP contribution is 2.36. The Labute approximate surface area is 222 Å². The Morgan fingerprint density at radius 2 is 1.71 bits per heavy atom. The number of aryl methyl sites for hydroxylation is 4. The van der Waals surface area contributed by atoms with Gasteiger partial charge in [-0.3, -0.25) is 4.79 Å². The van der Waals surface area contributed by atoms with E-state index in [1.165, 1.54) is 11.4 Å². The SMILES string of the molecule is COc1ccc(-c2c(C(=O)Nc3ccc(C)c(C)c3)nn3c(C)cc(C)nc23)cc1S(=O)(=O)N1CCCC1. The number of carbonyl (C=O) groups excluding carboxylic acids is 1. The quantitative estimate of drug-likeness (QED) is 0.386. The summed E-state index contributed by atoms with van der Waals surface area (Å²) in [5, 5.41) is 7.58. The third kappa shape index (κ3) is 4.54. The van der Waals surface area contributed by atoms with Crippen molar-refractivity contribution in [2.24, 2.45) is 0 Å². The molecule has 1 amide bonds. The van der Waals surface area contributed by atoms with Crippen LogP contribution in [-0.2, 0) is 10.0 Å². The lowest BCUT2D eigenvalue weighted by molar-refractivity contribution is 0.102. The number of nitrogens with zero attached hydrogens (tertiary/aromatic N) is 4. The van der Waals surface area contributed by atoms with Crippen molar-refractivity contribution in [3.05, 3.63) is 70.7 Å². The predicted molar refractivity (Wildman–Crippen MR) is 146 cm³/mol. The van der Waals surface area contributed by atoms with Gasteiger partial charge in [-0.05, 0) is 87.6 Å². The van der Waals surface area contributed by atoms with E-state index in [4.69, 9.17) is 4.74 Å². The summed E-state index contributed by atoms with van der Waals surface area (Å²) in [5.41, 5.74) is 5.98. The van der Waals surface area contributed by atoms with Crippen molar-refractivity contribution in [2.75, 3.05) is 25.5 Å². The van der Waals surface area contributed by atoms with Gasteiger partial charge in [-0.2, -0.15) is 9.40 Å².